The largest absolute Gasteiger partial charge is 0.479 e. The molecule has 1 N–H and O–H groups in total. The van der Waals surface area contributed by atoms with Crippen molar-refractivity contribution in [3.63, 3.8) is 0 Å². The Morgan fingerprint density at radius 2 is 2.00 bits per heavy atom. The zero-order valence-corrected chi connectivity index (χ0v) is 16.1. The van der Waals surface area contributed by atoms with Gasteiger partial charge in [-0.3, -0.25) is 4.79 Å². The van der Waals surface area contributed by atoms with Gasteiger partial charge < -0.3 is 10.1 Å². The Morgan fingerprint density at radius 3 is 2.54 bits per heavy atom. The number of nitrogens with zero attached hydrogens (tertiary/aromatic N) is 1. The van der Waals surface area contributed by atoms with Gasteiger partial charge in [-0.2, -0.15) is 5.26 Å². The number of hydrogen-bond donors (Lipinski definition) is 1. The lowest BCUT2D eigenvalue weighted by Crippen LogP contribution is -2.33. The van der Waals surface area contributed by atoms with Crippen LogP contribution in [0.3, 0.4) is 0 Å². The fraction of sp³-hybridized carbons (Fsp3) is 0.333. The van der Waals surface area contributed by atoms with Crippen molar-refractivity contribution in [3.8, 4) is 24.2 Å². The van der Waals surface area contributed by atoms with Crippen molar-refractivity contribution in [2.75, 3.05) is 6.61 Å². The van der Waals surface area contributed by atoms with Gasteiger partial charge >= 0.3 is 0 Å². The zero-order chi connectivity index (χ0) is 17.5. The molecule has 0 aliphatic heterocycles. The van der Waals surface area contributed by atoms with Gasteiger partial charge in [-0.25, -0.2) is 0 Å². The van der Waals surface area contributed by atoms with Crippen molar-refractivity contribution in [1.82, 2.24) is 5.32 Å². The van der Waals surface area contributed by atoms with Crippen LogP contribution in [0.2, 0.25) is 0 Å². The number of amides is 1. The van der Waals surface area contributed by atoms with Crippen molar-refractivity contribution >= 4 is 43.8 Å². The summed E-state index contributed by atoms with van der Waals surface area (Å²) in [5.74, 6) is 2.66. The molecular formula is C18H16Br2N2O2. The molecule has 0 heterocycles. The van der Waals surface area contributed by atoms with Crippen molar-refractivity contribution in [3.05, 3.63) is 32.2 Å². The summed E-state index contributed by atoms with van der Waals surface area (Å²) in [6.45, 7) is 0.152. The van der Waals surface area contributed by atoms with Crippen molar-refractivity contribution in [2.24, 2.45) is 0 Å². The van der Waals surface area contributed by atoms with E-state index in [1.54, 1.807) is 18.2 Å². The number of ether oxygens (including phenoxy) is 1. The summed E-state index contributed by atoms with van der Waals surface area (Å²) < 4.78 is 6.82. The van der Waals surface area contributed by atoms with Crippen LogP contribution in [-0.4, -0.2) is 18.6 Å². The lowest BCUT2D eigenvalue weighted by atomic mass is 10.1. The van der Waals surface area contributed by atoms with E-state index in [1.165, 1.54) is 0 Å². The van der Waals surface area contributed by atoms with E-state index in [-0.39, 0.29) is 24.1 Å². The topological polar surface area (TPSA) is 62.1 Å². The molecule has 0 atom stereocenters. The minimum absolute atomic E-state index is 0.0815. The molecule has 1 aromatic rings. The van der Waals surface area contributed by atoms with E-state index in [0.717, 1.165) is 25.7 Å². The third-order valence-corrected chi connectivity index (χ3v) is 4.86. The highest BCUT2D eigenvalue weighted by atomic mass is 79.9. The lowest BCUT2D eigenvalue weighted by molar-refractivity contribution is -0.117. The molecule has 0 saturated heterocycles. The van der Waals surface area contributed by atoms with E-state index in [1.807, 2.05) is 6.07 Å². The number of carbonyl (C=O) groups is 1. The van der Waals surface area contributed by atoms with E-state index < -0.39 is 0 Å². The number of nitrogens with one attached hydrogen (secondary N) is 1. The second kappa shape index (κ2) is 8.92. The highest BCUT2D eigenvalue weighted by Crippen LogP contribution is 2.35. The smallest absolute Gasteiger partial charge is 0.262 e. The first-order chi connectivity index (χ1) is 11.5. The Hall–Kier alpha value is -1.76. The number of halogens is 2. The quantitative estimate of drug-likeness (QED) is 0.414. The zero-order valence-electron chi connectivity index (χ0n) is 12.9. The van der Waals surface area contributed by atoms with Gasteiger partial charge in [-0.1, -0.05) is 18.8 Å². The van der Waals surface area contributed by atoms with E-state index >= 15 is 0 Å². The fourth-order valence-electron chi connectivity index (χ4n) is 2.56. The van der Waals surface area contributed by atoms with Crippen molar-refractivity contribution in [2.45, 2.75) is 31.7 Å². The Labute approximate surface area is 158 Å². The Kier molecular flexibility index (Phi) is 6.90. The first kappa shape index (κ1) is 18.6. The third kappa shape index (κ3) is 4.87. The van der Waals surface area contributed by atoms with Gasteiger partial charge in [0.05, 0.1) is 8.95 Å². The van der Waals surface area contributed by atoms with Gasteiger partial charge in [0.2, 0.25) is 0 Å². The molecule has 1 aliphatic carbocycles. The highest BCUT2D eigenvalue weighted by molar-refractivity contribution is 9.11. The van der Waals surface area contributed by atoms with Crippen LogP contribution in [0.25, 0.3) is 6.08 Å². The Morgan fingerprint density at radius 1 is 1.38 bits per heavy atom. The maximum absolute atomic E-state index is 12.2. The standard InChI is InChI=1S/C18H16Br2N2O2/c1-2-7-24-17-15(19)9-12(10-16(17)20)8-13(11-21)18(23)22-14-5-3-4-6-14/h1,8-10,14H,3-7H2,(H,22,23)/b13-8-. The molecule has 0 radical (unpaired) electrons. The molecule has 124 valence electrons. The van der Waals surface area contributed by atoms with E-state index in [9.17, 15) is 10.1 Å². The predicted octanol–water partition coefficient (Wildman–Crippen LogP) is 4.19. The van der Waals surface area contributed by atoms with Crippen molar-refractivity contribution < 1.29 is 9.53 Å². The Bertz CT molecular complexity index is 715. The normalized spacial score (nSPS) is 14.8. The molecule has 1 amide bonds. The van der Waals surface area contributed by atoms with Gasteiger partial charge in [-0.05, 0) is 68.5 Å². The maximum Gasteiger partial charge on any atom is 0.262 e. The van der Waals surface area contributed by atoms with Gasteiger partial charge in [0.1, 0.15) is 24.0 Å². The van der Waals surface area contributed by atoms with E-state index in [4.69, 9.17) is 11.2 Å². The molecule has 1 saturated carbocycles. The van der Waals surface area contributed by atoms with Crippen LogP contribution in [-0.2, 0) is 4.79 Å². The summed E-state index contributed by atoms with van der Waals surface area (Å²) in [6.07, 6.45) is 10.9. The average Bonchev–Trinajstić information content (AvgIpc) is 3.04. The van der Waals surface area contributed by atoms with E-state index in [0.29, 0.717) is 20.3 Å². The van der Waals surface area contributed by atoms with Crippen LogP contribution < -0.4 is 10.1 Å². The van der Waals surface area contributed by atoms with Gasteiger partial charge in [-0.15, -0.1) is 6.42 Å². The first-order valence-electron chi connectivity index (χ1n) is 7.53. The molecule has 1 aromatic carbocycles. The number of benzene rings is 1. The summed E-state index contributed by atoms with van der Waals surface area (Å²) in [6, 6.07) is 5.70. The van der Waals surface area contributed by atoms with E-state index in [2.05, 4.69) is 43.1 Å². The van der Waals surface area contributed by atoms with Crippen LogP contribution in [0.4, 0.5) is 0 Å². The summed E-state index contributed by atoms with van der Waals surface area (Å²) in [7, 11) is 0. The molecule has 4 nitrogen and oxygen atoms in total. The minimum atomic E-state index is -0.329. The SMILES string of the molecule is C#CCOc1c(Br)cc(/C=C(/C#N)C(=O)NC2CCCC2)cc1Br. The average molecular weight is 452 g/mol. The maximum atomic E-state index is 12.2. The molecule has 1 fully saturated rings. The van der Waals surface area contributed by atoms with Crippen LogP contribution in [0.1, 0.15) is 31.2 Å². The van der Waals surface area contributed by atoms with Crippen molar-refractivity contribution in [1.29, 1.82) is 5.26 Å². The second-order valence-corrected chi connectivity index (χ2v) is 7.14. The number of rotatable bonds is 5. The molecule has 6 heteroatoms. The Balaban J connectivity index is 2.19. The van der Waals surface area contributed by atoms with Gasteiger partial charge in [0.15, 0.2) is 0 Å². The van der Waals surface area contributed by atoms with Crippen LogP contribution in [0.5, 0.6) is 5.75 Å². The number of terminal acetylenes is 1. The molecule has 0 spiro atoms. The monoisotopic (exact) mass is 450 g/mol. The minimum Gasteiger partial charge on any atom is -0.479 e. The molecule has 1 aliphatic rings. The molecule has 0 bridgehead atoms. The summed E-state index contributed by atoms with van der Waals surface area (Å²) in [4.78, 5) is 12.2. The molecule has 2 rings (SSSR count). The first-order valence-corrected chi connectivity index (χ1v) is 9.11. The molecule has 0 unspecified atom stereocenters. The fourth-order valence-corrected chi connectivity index (χ4v) is 4.01. The van der Waals surface area contributed by atoms with Gasteiger partial charge in [0.25, 0.3) is 5.91 Å². The molecular weight excluding hydrogens is 436 g/mol. The lowest BCUT2D eigenvalue weighted by Gasteiger charge is -2.11. The molecule has 24 heavy (non-hydrogen) atoms. The second-order valence-electron chi connectivity index (χ2n) is 5.43. The summed E-state index contributed by atoms with van der Waals surface area (Å²) >= 11 is 6.82. The van der Waals surface area contributed by atoms with Gasteiger partial charge in [0, 0.05) is 6.04 Å². The predicted molar refractivity (Wildman–Crippen MR) is 100 cm³/mol. The number of hydrogen-bond acceptors (Lipinski definition) is 3. The van der Waals surface area contributed by atoms with Crippen LogP contribution in [0.15, 0.2) is 26.7 Å². The number of nitriles is 1. The third-order valence-electron chi connectivity index (χ3n) is 3.69. The molecule has 0 aromatic heterocycles. The number of carbonyl (C=O) groups excluding carboxylic acids is 1. The van der Waals surface area contributed by atoms with Crippen LogP contribution >= 0.6 is 31.9 Å². The highest BCUT2D eigenvalue weighted by Gasteiger charge is 2.19. The van der Waals surface area contributed by atoms with Crippen LogP contribution in [0, 0.1) is 23.7 Å². The summed E-state index contributed by atoms with van der Waals surface area (Å²) in [5, 5.41) is 12.2. The summed E-state index contributed by atoms with van der Waals surface area (Å²) in [5.41, 5.74) is 0.790.